The second-order valence-corrected chi connectivity index (χ2v) is 5.68. The van der Waals surface area contributed by atoms with Crippen LogP contribution in [0.3, 0.4) is 0 Å². The molecule has 0 spiro atoms. The minimum Gasteiger partial charge on any atom is -0.332 e. The lowest BCUT2D eigenvalue weighted by Gasteiger charge is -2.18. The lowest BCUT2D eigenvalue weighted by molar-refractivity contribution is -0.157. The monoisotopic (exact) mass is 339 g/mol. The molecule has 24 heavy (non-hydrogen) atoms. The lowest BCUT2D eigenvalue weighted by Crippen LogP contribution is -2.37. The van der Waals surface area contributed by atoms with Crippen LogP contribution in [0.15, 0.2) is 30.7 Å². The van der Waals surface area contributed by atoms with Gasteiger partial charge in [0.2, 0.25) is 5.91 Å². The highest BCUT2D eigenvalue weighted by atomic mass is 19.4. The normalized spacial score (nSPS) is 18.4. The van der Waals surface area contributed by atoms with Gasteiger partial charge in [-0.2, -0.15) is 18.3 Å². The highest BCUT2D eigenvalue weighted by molar-refractivity contribution is 5.79. The second kappa shape index (κ2) is 6.60. The summed E-state index contributed by atoms with van der Waals surface area (Å²) in [5.74, 6) is -0.482. The van der Waals surface area contributed by atoms with Crippen molar-refractivity contribution in [3.05, 3.63) is 36.3 Å². The number of amides is 1. The molecular weight excluding hydrogens is 323 g/mol. The van der Waals surface area contributed by atoms with Crippen LogP contribution in [0.5, 0.6) is 0 Å². The number of H-pyrrole nitrogens is 1. The standard InChI is InChI=1S/C15H16F3N5O/c16-15(17,18)9-23-8-12(4-13(23)24)20-6-11-7-21-22-14(11)10-2-1-3-19-5-10/h1-3,5,7,12,20H,4,6,8-9H2,(H,21,22). The maximum Gasteiger partial charge on any atom is 0.406 e. The Kier molecular flexibility index (Phi) is 4.52. The van der Waals surface area contributed by atoms with E-state index in [4.69, 9.17) is 0 Å². The number of aromatic amines is 1. The van der Waals surface area contributed by atoms with Gasteiger partial charge < -0.3 is 10.2 Å². The molecule has 3 rings (SSSR count). The molecule has 0 aromatic carbocycles. The fraction of sp³-hybridized carbons (Fsp3) is 0.400. The van der Waals surface area contributed by atoms with E-state index in [1.165, 1.54) is 0 Å². The minimum absolute atomic E-state index is 0.0540. The van der Waals surface area contributed by atoms with E-state index in [0.717, 1.165) is 21.7 Å². The molecule has 6 nitrogen and oxygen atoms in total. The predicted octanol–water partition coefficient (Wildman–Crippen LogP) is 1.72. The van der Waals surface area contributed by atoms with Crippen molar-refractivity contribution in [3.63, 3.8) is 0 Å². The van der Waals surface area contributed by atoms with Gasteiger partial charge in [-0.05, 0) is 12.1 Å². The molecule has 128 valence electrons. The molecule has 1 aliphatic rings. The Bertz CT molecular complexity index is 701. The predicted molar refractivity (Wildman–Crippen MR) is 79.7 cm³/mol. The molecule has 0 radical (unpaired) electrons. The summed E-state index contributed by atoms with van der Waals surface area (Å²) in [6, 6.07) is 3.38. The van der Waals surface area contributed by atoms with Crippen molar-refractivity contribution in [1.82, 2.24) is 25.4 Å². The van der Waals surface area contributed by atoms with Gasteiger partial charge in [0.25, 0.3) is 0 Å². The summed E-state index contributed by atoms with van der Waals surface area (Å²) in [6.45, 7) is -0.742. The fourth-order valence-corrected chi connectivity index (χ4v) is 2.74. The highest BCUT2D eigenvalue weighted by Gasteiger charge is 2.38. The summed E-state index contributed by atoms with van der Waals surface area (Å²) in [6.07, 6.45) is 0.705. The van der Waals surface area contributed by atoms with Crippen LogP contribution >= 0.6 is 0 Å². The molecule has 1 aliphatic heterocycles. The number of nitrogens with zero attached hydrogens (tertiary/aromatic N) is 3. The number of alkyl halides is 3. The summed E-state index contributed by atoms with van der Waals surface area (Å²) in [5.41, 5.74) is 2.53. The molecule has 2 aromatic rings. The lowest BCUT2D eigenvalue weighted by atomic mass is 10.1. The van der Waals surface area contributed by atoms with Crippen LogP contribution in [-0.4, -0.2) is 51.3 Å². The maximum atomic E-state index is 12.4. The van der Waals surface area contributed by atoms with Crippen LogP contribution < -0.4 is 5.32 Å². The SMILES string of the molecule is O=C1CC(NCc2cn[nH]c2-c2cccnc2)CN1CC(F)(F)F. The van der Waals surface area contributed by atoms with Crippen LogP contribution in [0.2, 0.25) is 0 Å². The van der Waals surface area contributed by atoms with E-state index < -0.39 is 18.6 Å². The number of carbonyl (C=O) groups is 1. The van der Waals surface area contributed by atoms with Gasteiger partial charge in [0.15, 0.2) is 0 Å². The molecule has 9 heteroatoms. The Labute approximate surface area is 136 Å². The van der Waals surface area contributed by atoms with Gasteiger partial charge >= 0.3 is 6.18 Å². The minimum atomic E-state index is -4.37. The Morgan fingerprint density at radius 3 is 2.92 bits per heavy atom. The Balaban J connectivity index is 1.60. The third-order valence-corrected chi connectivity index (χ3v) is 3.83. The molecule has 2 N–H and O–H groups in total. The van der Waals surface area contributed by atoms with Gasteiger partial charge in [0.1, 0.15) is 6.54 Å². The average Bonchev–Trinajstić information content (AvgIpc) is 3.12. The van der Waals surface area contributed by atoms with E-state index >= 15 is 0 Å². The van der Waals surface area contributed by atoms with E-state index in [1.807, 2.05) is 6.07 Å². The van der Waals surface area contributed by atoms with Gasteiger partial charge in [-0.1, -0.05) is 0 Å². The Morgan fingerprint density at radius 1 is 1.38 bits per heavy atom. The molecule has 1 amide bonds. The van der Waals surface area contributed by atoms with E-state index in [2.05, 4.69) is 20.5 Å². The Morgan fingerprint density at radius 2 is 2.21 bits per heavy atom. The number of rotatable bonds is 5. The largest absolute Gasteiger partial charge is 0.406 e. The summed E-state index contributed by atoms with van der Waals surface area (Å²) >= 11 is 0. The molecule has 1 atom stereocenters. The third-order valence-electron chi connectivity index (χ3n) is 3.83. The van der Waals surface area contributed by atoms with Crippen molar-refractivity contribution >= 4 is 5.91 Å². The first-order valence-corrected chi connectivity index (χ1v) is 7.43. The third kappa shape index (κ3) is 3.91. The van der Waals surface area contributed by atoms with Crippen molar-refractivity contribution in [2.75, 3.05) is 13.1 Å². The number of nitrogens with one attached hydrogen (secondary N) is 2. The van der Waals surface area contributed by atoms with Crippen molar-refractivity contribution in [2.24, 2.45) is 0 Å². The van der Waals surface area contributed by atoms with Crippen LogP contribution in [-0.2, 0) is 11.3 Å². The molecule has 2 aromatic heterocycles. The summed E-state index contributed by atoms with van der Waals surface area (Å²) in [7, 11) is 0. The molecule has 0 saturated carbocycles. The van der Waals surface area contributed by atoms with E-state index in [-0.39, 0.29) is 19.0 Å². The van der Waals surface area contributed by atoms with Gasteiger partial charge in [0, 0.05) is 49.1 Å². The molecular formula is C15H16F3N5O. The molecule has 1 unspecified atom stereocenters. The summed E-state index contributed by atoms with van der Waals surface area (Å²) < 4.78 is 37.3. The van der Waals surface area contributed by atoms with Crippen LogP contribution in [0.4, 0.5) is 13.2 Å². The second-order valence-electron chi connectivity index (χ2n) is 5.68. The van der Waals surface area contributed by atoms with Crippen molar-refractivity contribution in [2.45, 2.75) is 25.2 Å². The highest BCUT2D eigenvalue weighted by Crippen LogP contribution is 2.22. The van der Waals surface area contributed by atoms with Crippen LogP contribution in [0, 0.1) is 0 Å². The van der Waals surface area contributed by atoms with Crippen molar-refractivity contribution in [1.29, 1.82) is 0 Å². The quantitative estimate of drug-likeness (QED) is 0.870. The van der Waals surface area contributed by atoms with E-state index in [1.54, 1.807) is 24.7 Å². The number of aromatic nitrogens is 3. The number of carbonyl (C=O) groups excluding carboxylic acids is 1. The molecule has 0 aliphatic carbocycles. The number of hydrogen-bond donors (Lipinski definition) is 2. The van der Waals surface area contributed by atoms with Gasteiger partial charge in [-0.25, -0.2) is 0 Å². The maximum absolute atomic E-state index is 12.4. The van der Waals surface area contributed by atoms with Gasteiger partial charge in [0.05, 0.1) is 11.9 Å². The van der Waals surface area contributed by atoms with E-state index in [0.29, 0.717) is 6.54 Å². The number of hydrogen-bond acceptors (Lipinski definition) is 4. The Hall–Kier alpha value is -2.42. The first kappa shape index (κ1) is 16.4. The zero-order valence-electron chi connectivity index (χ0n) is 12.7. The fourth-order valence-electron chi connectivity index (χ4n) is 2.74. The zero-order chi connectivity index (χ0) is 17.2. The topological polar surface area (TPSA) is 73.9 Å². The molecule has 0 bridgehead atoms. The first-order valence-electron chi connectivity index (χ1n) is 7.43. The van der Waals surface area contributed by atoms with Crippen LogP contribution in [0.25, 0.3) is 11.3 Å². The van der Waals surface area contributed by atoms with Gasteiger partial charge in [-0.15, -0.1) is 0 Å². The molecule has 1 fully saturated rings. The smallest absolute Gasteiger partial charge is 0.332 e. The molecule has 1 saturated heterocycles. The molecule has 3 heterocycles. The van der Waals surface area contributed by atoms with Crippen LogP contribution in [0.1, 0.15) is 12.0 Å². The van der Waals surface area contributed by atoms with Crippen molar-refractivity contribution in [3.8, 4) is 11.3 Å². The number of likely N-dealkylation sites (tertiary alicyclic amines) is 1. The zero-order valence-corrected chi connectivity index (χ0v) is 12.7. The summed E-state index contributed by atoms with van der Waals surface area (Å²) in [5, 5.41) is 10.0. The van der Waals surface area contributed by atoms with Crippen molar-refractivity contribution < 1.29 is 18.0 Å². The average molecular weight is 339 g/mol. The summed E-state index contributed by atoms with van der Waals surface area (Å²) in [4.78, 5) is 16.6. The number of pyridine rings is 1. The van der Waals surface area contributed by atoms with E-state index in [9.17, 15) is 18.0 Å². The number of halogens is 3. The van der Waals surface area contributed by atoms with Gasteiger partial charge in [-0.3, -0.25) is 14.9 Å². The first-order chi connectivity index (χ1) is 11.4.